The molecule has 1 aromatic heterocycles. The van der Waals surface area contributed by atoms with Crippen LogP contribution in [0.25, 0.3) is 5.69 Å². The summed E-state index contributed by atoms with van der Waals surface area (Å²) in [7, 11) is 1.70. The van der Waals surface area contributed by atoms with Crippen molar-refractivity contribution >= 4 is 11.6 Å². The SMILES string of the molecule is COCCNCc1cccc(Cl)c1-n1ccc(C(C)C)n1. The molecule has 1 aromatic carbocycles. The zero-order chi connectivity index (χ0) is 15.2. The van der Waals surface area contributed by atoms with Crippen LogP contribution < -0.4 is 5.32 Å². The Balaban J connectivity index is 2.24. The van der Waals surface area contributed by atoms with E-state index >= 15 is 0 Å². The van der Waals surface area contributed by atoms with Gasteiger partial charge in [-0.25, -0.2) is 4.68 Å². The highest BCUT2D eigenvalue weighted by molar-refractivity contribution is 6.32. The van der Waals surface area contributed by atoms with Crippen molar-refractivity contribution in [3.05, 3.63) is 46.7 Å². The molecular weight excluding hydrogens is 286 g/mol. The van der Waals surface area contributed by atoms with Gasteiger partial charge in [-0.1, -0.05) is 37.6 Å². The predicted octanol–water partition coefficient (Wildman–Crippen LogP) is 3.39. The van der Waals surface area contributed by atoms with Crippen LogP contribution in [0.1, 0.15) is 31.0 Å². The summed E-state index contributed by atoms with van der Waals surface area (Å²) in [6.07, 6.45) is 1.97. The van der Waals surface area contributed by atoms with E-state index in [1.807, 2.05) is 29.1 Å². The van der Waals surface area contributed by atoms with E-state index in [0.29, 0.717) is 17.5 Å². The average Bonchev–Trinajstić information content (AvgIpc) is 2.93. The van der Waals surface area contributed by atoms with Gasteiger partial charge in [-0.05, 0) is 23.6 Å². The van der Waals surface area contributed by atoms with Crippen molar-refractivity contribution in [3.63, 3.8) is 0 Å². The second-order valence-electron chi connectivity index (χ2n) is 5.26. The van der Waals surface area contributed by atoms with Crippen molar-refractivity contribution in [1.29, 1.82) is 0 Å². The molecule has 0 aliphatic heterocycles. The lowest BCUT2D eigenvalue weighted by atomic mass is 10.1. The number of methoxy groups -OCH3 is 1. The van der Waals surface area contributed by atoms with E-state index < -0.39 is 0 Å². The normalized spacial score (nSPS) is 11.3. The lowest BCUT2D eigenvalue weighted by Gasteiger charge is -2.12. The Morgan fingerprint density at radius 1 is 1.33 bits per heavy atom. The van der Waals surface area contributed by atoms with Crippen molar-refractivity contribution in [2.45, 2.75) is 26.3 Å². The summed E-state index contributed by atoms with van der Waals surface area (Å²) >= 11 is 6.38. The molecule has 0 saturated heterocycles. The van der Waals surface area contributed by atoms with Crippen LogP contribution in [0.3, 0.4) is 0 Å². The van der Waals surface area contributed by atoms with Crippen molar-refractivity contribution in [2.24, 2.45) is 0 Å². The maximum Gasteiger partial charge on any atom is 0.0876 e. The van der Waals surface area contributed by atoms with Gasteiger partial charge < -0.3 is 10.1 Å². The quantitative estimate of drug-likeness (QED) is 0.797. The molecule has 0 aliphatic rings. The van der Waals surface area contributed by atoms with Gasteiger partial charge in [-0.2, -0.15) is 5.10 Å². The molecule has 2 rings (SSSR count). The lowest BCUT2D eigenvalue weighted by Crippen LogP contribution is -2.19. The van der Waals surface area contributed by atoms with Gasteiger partial charge in [-0.3, -0.25) is 0 Å². The maximum atomic E-state index is 6.38. The Morgan fingerprint density at radius 3 is 2.81 bits per heavy atom. The van der Waals surface area contributed by atoms with Gasteiger partial charge in [0.15, 0.2) is 0 Å². The molecule has 0 spiro atoms. The number of aromatic nitrogens is 2. The van der Waals surface area contributed by atoms with E-state index in [-0.39, 0.29) is 0 Å². The van der Waals surface area contributed by atoms with Gasteiger partial charge in [-0.15, -0.1) is 0 Å². The molecule has 5 heteroatoms. The summed E-state index contributed by atoms with van der Waals surface area (Å²) in [4.78, 5) is 0. The number of hydrogen-bond acceptors (Lipinski definition) is 3. The molecule has 0 radical (unpaired) electrons. The first-order valence-electron chi connectivity index (χ1n) is 7.16. The van der Waals surface area contributed by atoms with E-state index in [4.69, 9.17) is 16.3 Å². The van der Waals surface area contributed by atoms with Gasteiger partial charge in [0.05, 0.1) is 23.0 Å². The van der Waals surface area contributed by atoms with Crippen LogP contribution in [0, 0.1) is 0 Å². The van der Waals surface area contributed by atoms with Crippen LogP contribution in [0.2, 0.25) is 5.02 Å². The maximum absolute atomic E-state index is 6.38. The van der Waals surface area contributed by atoms with Crippen molar-refractivity contribution in [2.75, 3.05) is 20.3 Å². The molecule has 0 bridgehead atoms. The topological polar surface area (TPSA) is 39.1 Å². The fourth-order valence-electron chi connectivity index (χ4n) is 2.13. The Morgan fingerprint density at radius 2 is 2.14 bits per heavy atom. The zero-order valence-electron chi connectivity index (χ0n) is 12.8. The summed E-state index contributed by atoms with van der Waals surface area (Å²) < 4.78 is 6.91. The van der Waals surface area contributed by atoms with Gasteiger partial charge >= 0.3 is 0 Å². The third-order valence-electron chi connectivity index (χ3n) is 3.30. The number of nitrogens with one attached hydrogen (secondary N) is 1. The Kier molecular flexibility index (Phi) is 5.79. The van der Waals surface area contributed by atoms with Crippen LogP contribution in [-0.2, 0) is 11.3 Å². The standard InChI is InChI=1S/C16H22ClN3O/c1-12(2)15-7-9-20(19-15)16-13(5-4-6-14(16)17)11-18-8-10-21-3/h4-7,9,12,18H,8,10-11H2,1-3H3. The lowest BCUT2D eigenvalue weighted by molar-refractivity contribution is 0.199. The molecule has 1 heterocycles. The summed E-state index contributed by atoms with van der Waals surface area (Å²) in [5.41, 5.74) is 3.13. The van der Waals surface area contributed by atoms with Gasteiger partial charge in [0.2, 0.25) is 0 Å². The van der Waals surface area contributed by atoms with Crippen molar-refractivity contribution in [1.82, 2.24) is 15.1 Å². The van der Waals surface area contributed by atoms with Crippen LogP contribution >= 0.6 is 11.6 Å². The van der Waals surface area contributed by atoms with E-state index in [2.05, 4.69) is 30.3 Å². The molecule has 0 fully saturated rings. The number of halogens is 1. The predicted molar refractivity (Wildman–Crippen MR) is 86.2 cm³/mol. The van der Waals surface area contributed by atoms with Gasteiger partial charge in [0.25, 0.3) is 0 Å². The fourth-order valence-corrected chi connectivity index (χ4v) is 2.41. The minimum Gasteiger partial charge on any atom is -0.383 e. The molecule has 21 heavy (non-hydrogen) atoms. The number of nitrogens with zero attached hydrogens (tertiary/aromatic N) is 2. The molecular formula is C16H22ClN3O. The highest BCUT2D eigenvalue weighted by Gasteiger charge is 2.11. The highest BCUT2D eigenvalue weighted by Crippen LogP contribution is 2.25. The number of para-hydroxylation sites is 1. The number of hydrogen-bond donors (Lipinski definition) is 1. The van der Waals surface area contributed by atoms with Crippen molar-refractivity contribution in [3.8, 4) is 5.69 Å². The fraction of sp³-hybridized carbons (Fsp3) is 0.438. The van der Waals surface area contributed by atoms with E-state index in [1.54, 1.807) is 7.11 Å². The molecule has 0 unspecified atom stereocenters. The Bertz CT molecular complexity index is 581. The number of benzene rings is 1. The first kappa shape index (κ1) is 16.0. The summed E-state index contributed by atoms with van der Waals surface area (Å²) in [5.74, 6) is 0.400. The van der Waals surface area contributed by atoms with Crippen LogP contribution in [0.4, 0.5) is 0 Å². The third kappa shape index (κ3) is 4.06. The minimum atomic E-state index is 0.400. The van der Waals surface area contributed by atoms with E-state index in [1.165, 1.54) is 0 Å². The first-order valence-corrected chi connectivity index (χ1v) is 7.54. The Hall–Kier alpha value is -1.36. The molecule has 1 N–H and O–H groups in total. The van der Waals surface area contributed by atoms with Crippen LogP contribution in [0.5, 0.6) is 0 Å². The molecule has 0 amide bonds. The third-order valence-corrected chi connectivity index (χ3v) is 3.60. The molecule has 4 nitrogen and oxygen atoms in total. The molecule has 114 valence electrons. The van der Waals surface area contributed by atoms with Crippen molar-refractivity contribution < 1.29 is 4.74 Å². The molecule has 0 saturated carbocycles. The second-order valence-corrected chi connectivity index (χ2v) is 5.66. The Labute approximate surface area is 131 Å². The minimum absolute atomic E-state index is 0.400. The molecule has 2 aromatic rings. The van der Waals surface area contributed by atoms with Gasteiger partial charge in [0.1, 0.15) is 0 Å². The average molecular weight is 308 g/mol. The number of ether oxygens (including phenoxy) is 1. The highest BCUT2D eigenvalue weighted by atomic mass is 35.5. The second kappa shape index (κ2) is 7.59. The summed E-state index contributed by atoms with van der Waals surface area (Å²) in [6, 6.07) is 7.96. The zero-order valence-corrected chi connectivity index (χ0v) is 13.5. The summed E-state index contributed by atoms with van der Waals surface area (Å²) in [5, 5.41) is 8.68. The molecule has 0 atom stereocenters. The number of rotatable bonds is 7. The van der Waals surface area contributed by atoms with Crippen LogP contribution in [-0.4, -0.2) is 30.0 Å². The van der Waals surface area contributed by atoms with Crippen LogP contribution in [0.15, 0.2) is 30.5 Å². The first-order chi connectivity index (χ1) is 10.1. The van der Waals surface area contributed by atoms with Gasteiger partial charge in [0, 0.05) is 26.4 Å². The summed E-state index contributed by atoms with van der Waals surface area (Å²) in [6.45, 7) is 6.49. The monoisotopic (exact) mass is 307 g/mol. The molecule has 0 aliphatic carbocycles. The largest absolute Gasteiger partial charge is 0.383 e. The van der Waals surface area contributed by atoms with E-state index in [9.17, 15) is 0 Å². The van der Waals surface area contributed by atoms with E-state index in [0.717, 1.165) is 30.0 Å². The smallest absolute Gasteiger partial charge is 0.0876 e.